The van der Waals surface area contributed by atoms with Gasteiger partial charge in [-0.3, -0.25) is 4.68 Å². The SMILES string of the molecule is CNC(C)c1cccc2c(Cl)nn(C)c12. The lowest BCUT2D eigenvalue weighted by atomic mass is 10.1. The Morgan fingerprint density at radius 3 is 2.87 bits per heavy atom. The van der Waals surface area contributed by atoms with Crippen molar-refractivity contribution in [3.8, 4) is 0 Å². The molecule has 0 radical (unpaired) electrons. The maximum atomic E-state index is 6.05. The zero-order valence-corrected chi connectivity index (χ0v) is 9.84. The van der Waals surface area contributed by atoms with Crippen LogP contribution >= 0.6 is 11.6 Å². The maximum Gasteiger partial charge on any atom is 0.158 e. The third-order valence-corrected chi connectivity index (χ3v) is 3.03. The number of aromatic nitrogens is 2. The normalized spacial score (nSPS) is 13.3. The second kappa shape index (κ2) is 3.83. The second-order valence-electron chi connectivity index (χ2n) is 3.67. The minimum atomic E-state index is 0.292. The molecule has 0 saturated carbocycles. The lowest BCUT2D eigenvalue weighted by Gasteiger charge is -2.12. The highest BCUT2D eigenvalue weighted by molar-refractivity contribution is 6.34. The number of aryl methyl sites for hydroxylation is 1. The van der Waals surface area contributed by atoms with Gasteiger partial charge in [0, 0.05) is 18.5 Å². The zero-order chi connectivity index (χ0) is 11.0. The molecule has 4 heteroatoms. The third-order valence-electron chi connectivity index (χ3n) is 2.75. The number of para-hydroxylation sites is 1. The van der Waals surface area contributed by atoms with Crippen molar-refractivity contribution >= 4 is 22.5 Å². The highest BCUT2D eigenvalue weighted by Gasteiger charge is 2.13. The van der Waals surface area contributed by atoms with Crippen LogP contribution in [0.3, 0.4) is 0 Å². The molecule has 0 bridgehead atoms. The predicted molar refractivity (Wildman–Crippen MR) is 63.2 cm³/mol. The Hall–Kier alpha value is -1.06. The van der Waals surface area contributed by atoms with Crippen molar-refractivity contribution in [2.45, 2.75) is 13.0 Å². The Labute approximate surface area is 94.0 Å². The van der Waals surface area contributed by atoms with Crippen LogP contribution in [0.5, 0.6) is 0 Å². The van der Waals surface area contributed by atoms with Crippen LogP contribution in [-0.4, -0.2) is 16.8 Å². The number of fused-ring (bicyclic) bond motifs is 1. The summed E-state index contributed by atoms with van der Waals surface area (Å²) < 4.78 is 1.83. The first kappa shape index (κ1) is 10.5. The molecule has 2 aromatic rings. The minimum Gasteiger partial charge on any atom is -0.313 e. The number of benzene rings is 1. The molecule has 0 spiro atoms. The van der Waals surface area contributed by atoms with Gasteiger partial charge in [-0.05, 0) is 25.6 Å². The smallest absolute Gasteiger partial charge is 0.158 e. The van der Waals surface area contributed by atoms with Crippen LogP contribution in [0.1, 0.15) is 18.5 Å². The van der Waals surface area contributed by atoms with Crippen LogP contribution in [0.25, 0.3) is 10.9 Å². The molecule has 0 amide bonds. The summed E-state index contributed by atoms with van der Waals surface area (Å²) in [6.45, 7) is 2.12. The van der Waals surface area contributed by atoms with E-state index in [0.717, 1.165) is 10.9 Å². The van der Waals surface area contributed by atoms with Crippen molar-refractivity contribution in [1.29, 1.82) is 0 Å². The highest BCUT2D eigenvalue weighted by atomic mass is 35.5. The average molecular weight is 224 g/mol. The van der Waals surface area contributed by atoms with Gasteiger partial charge in [0.2, 0.25) is 0 Å². The van der Waals surface area contributed by atoms with E-state index in [1.54, 1.807) is 0 Å². The van der Waals surface area contributed by atoms with E-state index in [1.807, 2.05) is 30.9 Å². The maximum absolute atomic E-state index is 6.05. The summed E-state index contributed by atoms with van der Waals surface area (Å²) in [6, 6.07) is 6.40. The van der Waals surface area contributed by atoms with Crippen molar-refractivity contribution < 1.29 is 0 Å². The summed E-state index contributed by atoms with van der Waals surface area (Å²) in [5.74, 6) is 0. The van der Waals surface area contributed by atoms with Crippen LogP contribution < -0.4 is 5.32 Å². The van der Waals surface area contributed by atoms with E-state index < -0.39 is 0 Å². The molecule has 0 aliphatic carbocycles. The van der Waals surface area contributed by atoms with Crippen LogP contribution in [0.2, 0.25) is 5.15 Å². The highest BCUT2D eigenvalue weighted by Crippen LogP contribution is 2.28. The van der Waals surface area contributed by atoms with Gasteiger partial charge >= 0.3 is 0 Å². The van der Waals surface area contributed by atoms with Crippen LogP contribution in [0.4, 0.5) is 0 Å². The van der Waals surface area contributed by atoms with E-state index in [2.05, 4.69) is 23.4 Å². The first-order valence-electron chi connectivity index (χ1n) is 4.93. The van der Waals surface area contributed by atoms with Gasteiger partial charge in [-0.25, -0.2) is 0 Å². The first-order chi connectivity index (χ1) is 7.15. The fraction of sp³-hybridized carbons (Fsp3) is 0.364. The van der Waals surface area contributed by atoms with Crippen molar-refractivity contribution in [2.75, 3.05) is 7.05 Å². The van der Waals surface area contributed by atoms with Gasteiger partial charge in [0.15, 0.2) is 5.15 Å². The van der Waals surface area contributed by atoms with E-state index in [4.69, 9.17) is 11.6 Å². The standard InChI is InChI=1S/C11H14ClN3/c1-7(13-2)8-5-4-6-9-10(8)15(3)14-11(9)12/h4-7,13H,1-3H3. The Bertz CT molecular complexity index is 490. The zero-order valence-electron chi connectivity index (χ0n) is 9.08. The van der Waals surface area contributed by atoms with Crippen LogP contribution in [0, 0.1) is 0 Å². The van der Waals surface area contributed by atoms with E-state index in [0.29, 0.717) is 11.2 Å². The molecule has 15 heavy (non-hydrogen) atoms. The summed E-state index contributed by atoms with van der Waals surface area (Å²) in [7, 11) is 3.86. The lowest BCUT2D eigenvalue weighted by molar-refractivity contribution is 0.650. The summed E-state index contributed by atoms with van der Waals surface area (Å²) in [4.78, 5) is 0. The third kappa shape index (κ3) is 1.62. The Morgan fingerprint density at radius 1 is 1.47 bits per heavy atom. The minimum absolute atomic E-state index is 0.292. The molecule has 1 unspecified atom stereocenters. The van der Waals surface area contributed by atoms with Crippen molar-refractivity contribution in [1.82, 2.24) is 15.1 Å². The molecule has 1 N–H and O–H groups in total. The van der Waals surface area contributed by atoms with Crippen molar-refractivity contribution in [2.24, 2.45) is 7.05 Å². The van der Waals surface area contributed by atoms with Gasteiger partial charge in [-0.15, -0.1) is 0 Å². The predicted octanol–water partition coefficient (Wildman–Crippen LogP) is 2.51. The summed E-state index contributed by atoms with van der Waals surface area (Å²) >= 11 is 6.05. The molecule has 0 aliphatic heterocycles. The van der Waals surface area contributed by atoms with E-state index >= 15 is 0 Å². The molecular formula is C11H14ClN3. The molecular weight excluding hydrogens is 210 g/mol. The van der Waals surface area contributed by atoms with Crippen LogP contribution in [-0.2, 0) is 7.05 Å². The number of nitrogens with one attached hydrogen (secondary N) is 1. The number of halogens is 1. The Kier molecular flexibility index (Phi) is 2.67. The van der Waals surface area contributed by atoms with E-state index in [9.17, 15) is 0 Å². The van der Waals surface area contributed by atoms with Crippen LogP contribution in [0.15, 0.2) is 18.2 Å². The number of hydrogen-bond acceptors (Lipinski definition) is 2. The Morgan fingerprint density at radius 2 is 2.20 bits per heavy atom. The lowest BCUT2D eigenvalue weighted by Crippen LogP contribution is -2.13. The van der Waals surface area contributed by atoms with Gasteiger partial charge in [-0.1, -0.05) is 23.7 Å². The average Bonchev–Trinajstić information content (AvgIpc) is 2.54. The van der Waals surface area contributed by atoms with Gasteiger partial charge in [0.1, 0.15) is 0 Å². The molecule has 1 heterocycles. The van der Waals surface area contributed by atoms with Gasteiger partial charge in [0.05, 0.1) is 5.52 Å². The molecule has 0 aliphatic rings. The van der Waals surface area contributed by atoms with Crippen molar-refractivity contribution in [3.05, 3.63) is 28.9 Å². The van der Waals surface area contributed by atoms with Gasteiger partial charge < -0.3 is 5.32 Å². The molecule has 0 saturated heterocycles. The molecule has 0 fully saturated rings. The fourth-order valence-corrected chi connectivity index (χ4v) is 2.10. The van der Waals surface area contributed by atoms with Gasteiger partial charge in [0.25, 0.3) is 0 Å². The first-order valence-corrected chi connectivity index (χ1v) is 5.31. The largest absolute Gasteiger partial charge is 0.313 e. The molecule has 1 aromatic carbocycles. The molecule has 3 nitrogen and oxygen atoms in total. The molecule has 1 atom stereocenters. The van der Waals surface area contributed by atoms with E-state index in [1.165, 1.54) is 5.56 Å². The molecule has 1 aromatic heterocycles. The topological polar surface area (TPSA) is 29.9 Å². The van der Waals surface area contributed by atoms with E-state index in [-0.39, 0.29) is 0 Å². The number of hydrogen-bond donors (Lipinski definition) is 1. The summed E-state index contributed by atoms with van der Waals surface area (Å²) in [5, 5.41) is 9.03. The Balaban J connectivity index is 2.75. The summed E-state index contributed by atoms with van der Waals surface area (Å²) in [5.41, 5.74) is 2.32. The summed E-state index contributed by atoms with van der Waals surface area (Å²) in [6.07, 6.45) is 0. The fourth-order valence-electron chi connectivity index (χ4n) is 1.83. The monoisotopic (exact) mass is 223 g/mol. The van der Waals surface area contributed by atoms with Crippen molar-refractivity contribution in [3.63, 3.8) is 0 Å². The molecule has 80 valence electrons. The van der Waals surface area contributed by atoms with Gasteiger partial charge in [-0.2, -0.15) is 5.10 Å². The second-order valence-corrected chi connectivity index (χ2v) is 4.03. The number of rotatable bonds is 2. The molecule has 2 rings (SSSR count). The quantitative estimate of drug-likeness (QED) is 0.848. The number of nitrogens with zero attached hydrogens (tertiary/aromatic N) is 2.